The normalized spacial score (nSPS) is 20.2. The van der Waals surface area contributed by atoms with E-state index in [9.17, 15) is 32.4 Å². The van der Waals surface area contributed by atoms with Gasteiger partial charge in [0.2, 0.25) is 17.6 Å². The topological polar surface area (TPSA) is 177 Å². The number of carbonyl (C=O) groups is 5. The van der Waals surface area contributed by atoms with Crippen LogP contribution in [0.1, 0.15) is 101 Å². The van der Waals surface area contributed by atoms with E-state index in [0.29, 0.717) is 12.8 Å². The fourth-order valence-corrected chi connectivity index (χ4v) is 7.69. The van der Waals surface area contributed by atoms with Crippen molar-refractivity contribution in [2.45, 2.75) is 131 Å². The lowest BCUT2D eigenvalue weighted by atomic mass is 9.84. The zero-order valence-corrected chi connectivity index (χ0v) is 33.6. The van der Waals surface area contributed by atoms with Crippen LogP contribution in [0, 0.1) is 22.7 Å². The SMILES string of the molecule is C=CCNC(=O)C(=O)C(CCCC)NC(=O)[C@@H]1C(C(C)C)CCN1C(=O)[C@@H](NC(=O)N[C@H](CN(C)S(=O)(=O)N(C)C1CC1)C(C)(C)C)C(C)(C)C. The van der Waals surface area contributed by atoms with E-state index in [1.807, 2.05) is 62.3 Å². The van der Waals surface area contributed by atoms with Gasteiger partial charge in [0.15, 0.2) is 0 Å². The van der Waals surface area contributed by atoms with Gasteiger partial charge in [-0.2, -0.15) is 17.0 Å². The highest BCUT2D eigenvalue weighted by atomic mass is 32.2. The van der Waals surface area contributed by atoms with Crippen LogP contribution in [0.3, 0.4) is 0 Å². The second kappa shape index (κ2) is 18.1. The molecule has 5 amide bonds. The van der Waals surface area contributed by atoms with Crippen LogP contribution in [0.4, 0.5) is 4.79 Å². The van der Waals surface area contributed by atoms with Crippen molar-refractivity contribution in [3.8, 4) is 0 Å². The van der Waals surface area contributed by atoms with Gasteiger partial charge in [-0.3, -0.25) is 19.2 Å². The second-order valence-corrected chi connectivity index (χ2v) is 18.7. The van der Waals surface area contributed by atoms with Crippen LogP contribution in [0.5, 0.6) is 0 Å². The van der Waals surface area contributed by atoms with Crippen molar-refractivity contribution in [3.05, 3.63) is 12.7 Å². The van der Waals surface area contributed by atoms with Crippen LogP contribution in [0.2, 0.25) is 0 Å². The predicted molar refractivity (Wildman–Crippen MR) is 199 cm³/mol. The molecule has 292 valence electrons. The second-order valence-electron chi connectivity index (χ2n) is 16.6. The van der Waals surface area contributed by atoms with Crippen LogP contribution in [-0.2, 0) is 29.4 Å². The summed E-state index contributed by atoms with van der Waals surface area (Å²) in [6.07, 6.45) is 5.25. The first-order chi connectivity index (χ1) is 23.5. The zero-order valence-electron chi connectivity index (χ0n) is 32.8. The minimum Gasteiger partial charge on any atom is -0.346 e. The summed E-state index contributed by atoms with van der Waals surface area (Å²) in [6, 6.07) is -4.31. The molecule has 0 spiro atoms. The van der Waals surface area contributed by atoms with Gasteiger partial charge in [0.05, 0.1) is 6.04 Å². The van der Waals surface area contributed by atoms with E-state index >= 15 is 0 Å². The number of unbranched alkanes of at least 4 members (excludes halogenated alkanes) is 1. The van der Waals surface area contributed by atoms with Crippen molar-refractivity contribution in [1.29, 1.82) is 0 Å². The van der Waals surface area contributed by atoms with Crippen molar-refractivity contribution >= 4 is 39.7 Å². The highest BCUT2D eigenvalue weighted by Gasteiger charge is 2.48. The van der Waals surface area contributed by atoms with Crippen molar-refractivity contribution < 1.29 is 32.4 Å². The quantitative estimate of drug-likeness (QED) is 0.123. The Morgan fingerprint density at radius 1 is 0.941 bits per heavy atom. The number of hydrogen-bond acceptors (Lipinski definition) is 7. The van der Waals surface area contributed by atoms with E-state index < -0.39 is 74.7 Å². The van der Waals surface area contributed by atoms with Crippen LogP contribution >= 0.6 is 0 Å². The van der Waals surface area contributed by atoms with Crippen LogP contribution in [-0.4, -0.2) is 115 Å². The largest absolute Gasteiger partial charge is 0.346 e. The van der Waals surface area contributed by atoms with E-state index in [1.54, 1.807) is 7.05 Å². The van der Waals surface area contributed by atoms with Crippen molar-refractivity contribution in [2.24, 2.45) is 22.7 Å². The van der Waals surface area contributed by atoms with Gasteiger partial charge in [-0.1, -0.05) is 81.2 Å². The van der Waals surface area contributed by atoms with Gasteiger partial charge >= 0.3 is 6.03 Å². The highest BCUT2D eigenvalue weighted by molar-refractivity contribution is 7.86. The average Bonchev–Trinajstić information content (AvgIpc) is 3.78. The van der Waals surface area contributed by atoms with E-state index in [2.05, 4.69) is 27.8 Å². The summed E-state index contributed by atoms with van der Waals surface area (Å²) < 4.78 is 29.0. The smallest absolute Gasteiger partial charge is 0.315 e. The summed E-state index contributed by atoms with van der Waals surface area (Å²) in [4.78, 5) is 69.3. The first kappa shape index (κ1) is 44.1. The van der Waals surface area contributed by atoms with Crippen molar-refractivity contribution in [3.63, 3.8) is 0 Å². The fraction of sp³-hybridized carbons (Fsp3) is 0.806. The standard InChI is InChI=1S/C36H65N7O7S/c1-13-15-16-26(29(44)32(46)37-20-14-2)38-31(45)28-25(23(3)4)19-21-43(28)33(47)30(36(8,9)10)40-34(48)39-27(35(5,6)7)22-41(11)51(49,50)42(12)24-17-18-24/h14,23-28,30H,2,13,15-22H2,1,3-12H3,(H,37,46)(H,38,45)(H2,39,40,48)/t25?,26?,27-,28+,30-/m1/s1. The Hall–Kier alpha value is -3.04. The number of urea groups is 1. The molecule has 2 rings (SSSR count). The molecule has 2 fully saturated rings. The summed E-state index contributed by atoms with van der Waals surface area (Å²) in [5, 5.41) is 11.1. The summed E-state index contributed by atoms with van der Waals surface area (Å²) in [7, 11) is -0.687. The number of likely N-dealkylation sites (tertiary alicyclic amines) is 1. The summed E-state index contributed by atoms with van der Waals surface area (Å²) in [6.45, 7) is 21.0. The number of Topliss-reactive ketones (excluding diaryl/α,β-unsaturated/α-hetero) is 1. The molecule has 2 aliphatic rings. The lowest BCUT2D eigenvalue weighted by Crippen LogP contribution is -2.62. The number of hydrogen-bond donors (Lipinski definition) is 4. The third-order valence-electron chi connectivity index (χ3n) is 9.96. The number of nitrogens with one attached hydrogen (secondary N) is 4. The molecular weight excluding hydrogens is 675 g/mol. The van der Waals surface area contributed by atoms with Crippen molar-refractivity contribution in [1.82, 2.24) is 34.8 Å². The molecule has 0 aromatic carbocycles. The highest BCUT2D eigenvalue weighted by Crippen LogP contribution is 2.34. The van der Waals surface area contributed by atoms with E-state index in [1.165, 1.54) is 26.6 Å². The van der Waals surface area contributed by atoms with E-state index in [4.69, 9.17) is 0 Å². The number of nitrogens with zero attached hydrogens (tertiary/aromatic N) is 3. The van der Waals surface area contributed by atoms with Gasteiger partial charge < -0.3 is 26.2 Å². The molecule has 0 aromatic rings. The molecule has 1 heterocycles. The minimum atomic E-state index is -3.74. The van der Waals surface area contributed by atoms with Crippen LogP contribution < -0.4 is 21.3 Å². The van der Waals surface area contributed by atoms with Gasteiger partial charge in [0, 0.05) is 45.8 Å². The van der Waals surface area contributed by atoms with Gasteiger partial charge in [-0.15, -0.1) is 6.58 Å². The first-order valence-corrected chi connectivity index (χ1v) is 19.7. The molecule has 0 radical (unpaired) electrons. The number of carbonyl (C=O) groups excluding carboxylic acids is 5. The molecule has 14 nitrogen and oxygen atoms in total. The Morgan fingerprint density at radius 2 is 1.55 bits per heavy atom. The molecule has 2 unspecified atom stereocenters. The maximum absolute atomic E-state index is 14.4. The van der Waals surface area contributed by atoms with Gasteiger partial charge in [-0.05, 0) is 48.3 Å². The molecule has 0 aromatic heterocycles. The molecule has 1 saturated carbocycles. The lowest BCUT2D eigenvalue weighted by Gasteiger charge is -2.38. The molecule has 15 heteroatoms. The first-order valence-electron chi connectivity index (χ1n) is 18.3. The molecule has 51 heavy (non-hydrogen) atoms. The zero-order chi connectivity index (χ0) is 39.1. The Labute approximate surface area is 306 Å². The molecular formula is C36H65N7O7S. The van der Waals surface area contributed by atoms with Crippen LogP contribution in [0.25, 0.3) is 0 Å². The van der Waals surface area contributed by atoms with Crippen LogP contribution in [0.15, 0.2) is 12.7 Å². The van der Waals surface area contributed by atoms with Gasteiger partial charge in [-0.25, -0.2) is 4.79 Å². The third kappa shape index (κ3) is 12.0. The Bertz CT molecular complexity index is 1370. The Balaban J connectivity index is 2.33. The van der Waals surface area contributed by atoms with Crippen molar-refractivity contribution in [2.75, 3.05) is 33.7 Å². The maximum Gasteiger partial charge on any atom is 0.315 e. The van der Waals surface area contributed by atoms with Gasteiger partial charge in [0.25, 0.3) is 16.1 Å². The molecule has 0 bridgehead atoms. The minimum absolute atomic E-state index is 0.0123. The molecule has 1 saturated heterocycles. The fourth-order valence-electron chi connectivity index (χ4n) is 6.32. The third-order valence-corrected chi connectivity index (χ3v) is 11.9. The van der Waals surface area contributed by atoms with Gasteiger partial charge in [0.1, 0.15) is 12.1 Å². The molecule has 1 aliphatic heterocycles. The molecule has 5 atom stereocenters. The predicted octanol–water partition coefficient (Wildman–Crippen LogP) is 2.81. The lowest BCUT2D eigenvalue weighted by molar-refractivity contribution is -0.144. The number of rotatable bonds is 18. The summed E-state index contributed by atoms with van der Waals surface area (Å²) in [5.74, 6) is -2.74. The number of ketones is 1. The number of likely N-dealkylation sites (N-methyl/N-ethyl adjacent to an activating group) is 1. The maximum atomic E-state index is 14.4. The van der Waals surface area contributed by atoms with E-state index in [0.717, 1.165) is 19.3 Å². The summed E-state index contributed by atoms with van der Waals surface area (Å²) in [5.41, 5.74) is -1.32. The number of amides is 5. The molecule has 4 N–H and O–H groups in total. The Morgan fingerprint density at radius 3 is 2.04 bits per heavy atom. The average molecular weight is 740 g/mol. The Kier molecular flexibility index (Phi) is 15.7. The summed E-state index contributed by atoms with van der Waals surface area (Å²) >= 11 is 0. The monoisotopic (exact) mass is 739 g/mol. The molecule has 1 aliphatic carbocycles. The van der Waals surface area contributed by atoms with E-state index in [-0.39, 0.29) is 43.9 Å².